The summed E-state index contributed by atoms with van der Waals surface area (Å²) in [5.41, 5.74) is 1.86. The van der Waals surface area contributed by atoms with Gasteiger partial charge in [-0.15, -0.1) is 0 Å². The molecule has 0 saturated carbocycles. The molecule has 0 saturated heterocycles. The highest BCUT2D eigenvalue weighted by Crippen LogP contribution is 2.22. The molecular formula is C28H33N5O6S. The van der Waals surface area contributed by atoms with E-state index >= 15 is 0 Å². The fraction of sp³-hybridized carbons (Fsp3) is 0.321. The first-order valence-electron chi connectivity index (χ1n) is 12.8. The van der Waals surface area contributed by atoms with Crippen molar-refractivity contribution in [3.05, 3.63) is 78.6 Å². The summed E-state index contributed by atoms with van der Waals surface area (Å²) in [5, 5.41) is 14.2. The molecule has 1 unspecified atom stereocenters. The van der Waals surface area contributed by atoms with E-state index in [-0.39, 0.29) is 29.5 Å². The predicted molar refractivity (Wildman–Crippen MR) is 151 cm³/mol. The molecule has 2 aromatic carbocycles. The number of imidazole rings is 1. The quantitative estimate of drug-likeness (QED) is 0.214. The van der Waals surface area contributed by atoms with Crippen molar-refractivity contribution in [2.75, 3.05) is 17.9 Å². The molecule has 0 spiro atoms. The van der Waals surface area contributed by atoms with Gasteiger partial charge in [-0.1, -0.05) is 30.3 Å². The molecule has 0 bridgehead atoms. The van der Waals surface area contributed by atoms with Crippen LogP contribution in [0.15, 0.2) is 78.0 Å². The number of nitrogens with zero attached hydrogens (tertiary/aromatic N) is 3. The highest BCUT2D eigenvalue weighted by atomic mass is 32.2. The fourth-order valence-electron chi connectivity index (χ4n) is 4.00. The molecule has 0 radical (unpaired) electrons. The Kier molecular flexibility index (Phi) is 9.03. The Morgan fingerprint density at radius 3 is 2.62 bits per heavy atom. The van der Waals surface area contributed by atoms with Crippen LogP contribution in [0.1, 0.15) is 38.9 Å². The molecule has 4 rings (SSSR count). The van der Waals surface area contributed by atoms with Gasteiger partial charge in [0.15, 0.2) is 5.65 Å². The summed E-state index contributed by atoms with van der Waals surface area (Å²) < 4.78 is 39.6. The van der Waals surface area contributed by atoms with Crippen molar-refractivity contribution < 1.29 is 27.8 Å². The number of hydrogen-bond acceptors (Lipinski definition) is 9. The molecule has 40 heavy (non-hydrogen) atoms. The number of ether oxygens (including phenoxy) is 2. The predicted octanol–water partition coefficient (Wildman–Crippen LogP) is 4.26. The molecule has 12 heteroatoms. The highest BCUT2D eigenvalue weighted by molar-refractivity contribution is 7.92. The maximum atomic E-state index is 12.7. The zero-order valence-corrected chi connectivity index (χ0v) is 23.4. The third-order valence-electron chi connectivity index (χ3n) is 6.24. The van der Waals surface area contributed by atoms with E-state index in [9.17, 15) is 18.3 Å². The van der Waals surface area contributed by atoms with Gasteiger partial charge in [0.1, 0.15) is 0 Å². The molecule has 212 valence electrons. The Bertz CT molecular complexity index is 1560. The number of hydrogen-bond donors (Lipinski definition) is 3. The highest BCUT2D eigenvalue weighted by Gasteiger charge is 2.21. The molecule has 11 nitrogen and oxygen atoms in total. The van der Waals surface area contributed by atoms with E-state index in [1.54, 1.807) is 67.8 Å². The minimum absolute atomic E-state index is 0.115. The van der Waals surface area contributed by atoms with Crippen LogP contribution in [-0.4, -0.2) is 52.9 Å². The van der Waals surface area contributed by atoms with Gasteiger partial charge in [-0.25, -0.2) is 18.2 Å². The first-order valence-corrected chi connectivity index (χ1v) is 14.3. The third kappa shape index (κ3) is 7.56. The minimum Gasteiger partial charge on any atom is -0.434 e. The van der Waals surface area contributed by atoms with Crippen molar-refractivity contribution in [3.8, 4) is 5.88 Å². The largest absolute Gasteiger partial charge is 0.515 e. The molecule has 4 aromatic rings. The lowest BCUT2D eigenvalue weighted by Crippen LogP contribution is -2.42. The van der Waals surface area contributed by atoms with Crippen LogP contribution in [0.2, 0.25) is 0 Å². The SMILES string of the molecule is CCOC(=O)Oc1ccc2c(ncn2CCC(C)(C)NCC(O)c2cccc(NS(=O)(=O)c3ccccc3)c2)n1. The number of anilines is 1. The number of β-amino-alcohol motifs (C(OH)–C–C–N with tert-alkyl or cyclic N) is 1. The van der Waals surface area contributed by atoms with E-state index in [0.29, 0.717) is 29.9 Å². The first-order chi connectivity index (χ1) is 19.1. The summed E-state index contributed by atoms with van der Waals surface area (Å²) in [6, 6.07) is 18.2. The number of carbonyl (C=O) groups is 1. The van der Waals surface area contributed by atoms with Crippen LogP contribution in [0.3, 0.4) is 0 Å². The Labute approximate surface area is 233 Å². The number of sulfonamides is 1. The van der Waals surface area contributed by atoms with Crippen LogP contribution in [0.4, 0.5) is 10.5 Å². The Morgan fingerprint density at radius 2 is 1.88 bits per heavy atom. The molecule has 0 amide bonds. The molecule has 0 aliphatic rings. The lowest BCUT2D eigenvalue weighted by atomic mass is 9.99. The third-order valence-corrected chi connectivity index (χ3v) is 7.63. The van der Waals surface area contributed by atoms with Crippen molar-refractivity contribution >= 4 is 33.0 Å². The zero-order chi connectivity index (χ0) is 28.8. The van der Waals surface area contributed by atoms with E-state index in [0.717, 1.165) is 5.52 Å². The van der Waals surface area contributed by atoms with Crippen molar-refractivity contribution in [1.29, 1.82) is 0 Å². The average molecular weight is 568 g/mol. The maximum Gasteiger partial charge on any atom is 0.515 e. The van der Waals surface area contributed by atoms with Gasteiger partial charge < -0.3 is 24.5 Å². The monoisotopic (exact) mass is 567 g/mol. The van der Waals surface area contributed by atoms with Gasteiger partial charge in [0, 0.05) is 30.4 Å². The summed E-state index contributed by atoms with van der Waals surface area (Å²) in [6.45, 7) is 6.86. The second kappa shape index (κ2) is 12.5. The Morgan fingerprint density at radius 1 is 1.10 bits per heavy atom. The summed E-state index contributed by atoms with van der Waals surface area (Å²) in [5.74, 6) is 0.115. The lowest BCUT2D eigenvalue weighted by molar-refractivity contribution is 0.103. The summed E-state index contributed by atoms with van der Waals surface area (Å²) in [7, 11) is -3.73. The van der Waals surface area contributed by atoms with E-state index < -0.39 is 22.3 Å². The molecule has 0 aliphatic carbocycles. The van der Waals surface area contributed by atoms with E-state index in [2.05, 4.69) is 20.0 Å². The second-order valence-electron chi connectivity index (χ2n) is 9.79. The van der Waals surface area contributed by atoms with Crippen LogP contribution in [0.25, 0.3) is 11.2 Å². The van der Waals surface area contributed by atoms with Crippen molar-refractivity contribution in [2.45, 2.75) is 50.3 Å². The summed E-state index contributed by atoms with van der Waals surface area (Å²) in [4.78, 5) is 20.3. The van der Waals surface area contributed by atoms with Crippen LogP contribution < -0.4 is 14.8 Å². The number of aryl methyl sites for hydroxylation is 1. The van der Waals surface area contributed by atoms with Crippen LogP contribution >= 0.6 is 0 Å². The van der Waals surface area contributed by atoms with Gasteiger partial charge in [0.2, 0.25) is 5.88 Å². The van der Waals surface area contributed by atoms with Gasteiger partial charge >= 0.3 is 6.16 Å². The van der Waals surface area contributed by atoms with Gasteiger partial charge in [-0.2, -0.15) is 4.98 Å². The van der Waals surface area contributed by atoms with Crippen LogP contribution in [0, 0.1) is 0 Å². The lowest BCUT2D eigenvalue weighted by Gasteiger charge is -2.28. The molecular weight excluding hydrogens is 534 g/mol. The van der Waals surface area contributed by atoms with E-state index in [1.807, 2.05) is 18.4 Å². The van der Waals surface area contributed by atoms with E-state index in [1.165, 1.54) is 12.1 Å². The van der Waals surface area contributed by atoms with Crippen LogP contribution in [0.5, 0.6) is 5.88 Å². The number of aromatic nitrogens is 3. The van der Waals surface area contributed by atoms with Gasteiger partial charge in [-0.05, 0) is 63.1 Å². The summed E-state index contributed by atoms with van der Waals surface area (Å²) in [6.07, 6.45) is 0.725. The molecule has 0 fully saturated rings. The van der Waals surface area contributed by atoms with Gasteiger partial charge in [-0.3, -0.25) is 4.72 Å². The van der Waals surface area contributed by atoms with Crippen molar-refractivity contribution in [1.82, 2.24) is 19.9 Å². The normalized spacial score (nSPS) is 12.7. The first kappa shape index (κ1) is 29.0. The summed E-state index contributed by atoms with van der Waals surface area (Å²) >= 11 is 0. The molecule has 1 atom stereocenters. The standard InChI is InChI=1S/C28H33N5O6S/c1-4-38-27(35)39-25-14-13-23-26(31-25)29-19-33(23)16-15-28(2,3)30-18-24(34)20-9-8-10-21(17-20)32-40(36,37)22-11-6-5-7-12-22/h5-14,17,19,24,30,32,34H,4,15-16,18H2,1-3H3. The topological polar surface area (TPSA) is 145 Å². The van der Waals surface area contributed by atoms with Crippen molar-refractivity contribution in [3.63, 3.8) is 0 Å². The smallest absolute Gasteiger partial charge is 0.434 e. The Balaban J connectivity index is 1.33. The molecule has 0 aliphatic heterocycles. The van der Waals surface area contributed by atoms with Gasteiger partial charge in [0.05, 0.1) is 29.5 Å². The number of pyridine rings is 1. The number of carbonyl (C=O) groups excluding carboxylic acids is 1. The minimum atomic E-state index is -3.73. The van der Waals surface area contributed by atoms with Crippen molar-refractivity contribution in [2.24, 2.45) is 0 Å². The Hall–Kier alpha value is -4.00. The van der Waals surface area contributed by atoms with Gasteiger partial charge in [0.25, 0.3) is 10.0 Å². The maximum absolute atomic E-state index is 12.7. The number of benzene rings is 2. The number of fused-ring (bicyclic) bond motifs is 1. The fourth-order valence-corrected chi connectivity index (χ4v) is 5.07. The molecule has 3 N–H and O–H groups in total. The number of rotatable bonds is 12. The number of aliphatic hydroxyl groups excluding tert-OH is 1. The second-order valence-corrected chi connectivity index (χ2v) is 11.5. The van der Waals surface area contributed by atoms with E-state index in [4.69, 9.17) is 9.47 Å². The van der Waals surface area contributed by atoms with Crippen LogP contribution in [-0.2, 0) is 21.3 Å². The molecule has 2 aromatic heterocycles. The zero-order valence-electron chi connectivity index (χ0n) is 22.6. The average Bonchev–Trinajstić information content (AvgIpc) is 3.33. The number of aliphatic hydroxyl groups is 1. The number of nitrogens with one attached hydrogen (secondary N) is 2. The molecule has 2 heterocycles.